The van der Waals surface area contributed by atoms with Crippen molar-refractivity contribution >= 4 is 17.7 Å². The number of aliphatic carboxylic acids is 1. The molecule has 2 rings (SSSR count). The van der Waals surface area contributed by atoms with Gasteiger partial charge in [0.25, 0.3) is 0 Å². The van der Waals surface area contributed by atoms with Crippen molar-refractivity contribution in [3.05, 3.63) is 30.1 Å². The maximum absolute atomic E-state index is 10.8. The summed E-state index contributed by atoms with van der Waals surface area (Å²) >= 11 is 1.11. The summed E-state index contributed by atoms with van der Waals surface area (Å²) in [6.07, 6.45) is -0.270. The molecule has 22 heavy (non-hydrogen) atoms. The number of carboxylic acids is 1. The maximum atomic E-state index is 10.8. The third-order valence-corrected chi connectivity index (χ3v) is 3.94. The molecule has 1 N–H and O–H groups in total. The lowest BCUT2D eigenvalue weighted by Crippen LogP contribution is -2.08. The molecule has 0 amide bonds. The van der Waals surface area contributed by atoms with Crippen molar-refractivity contribution in [2.75, 3.05) is 20.0 Å². The molecule has 0 saturated carbocycles. The van der Waals surface area contributed by atoms with E-state index in [1.54, 1.807) is 18.8 Å². The molecular weight excluding hydrogens is 306 g/mol. The maximum Gasteiger partial charge on any atom is 0.313 e. The van der Waals surface area contributed by atoms with E-state index in [0.29, 0.717) is 11.0 Å². The first kappa shape index (κ1) is 16.3. The standard InChI is InChI=1S/C14H17N3O4S/c1-9(20-2)13-15-16-14(22-8-12(18)19)17(13)10-4-6-11(21-3)7-5-10/h4-7,9H,8H2,1-3H3,(H,18,19)/t9-/m1/s1. The molecule has 0 aliphatic carbocycles. The van der Waals surface area contributed by atoms with Gasteiger partial charge in [0.05, 0.1) is 12.9 Å². The van der Waals surface area contributed by atoms with E-state index in [0.717, 1.165) is 23.2 Å². The van der Waals surface area contributed by atoms with Crippen LogP contribution >= 0.6 is 11.8 Å². The molecule has 0 saturated heterocycles. The Kier molecular flexibility index (Phi) is 5.40. The van der Waals surface area contributed by atoms with Crippen LogP contribution in [0.4, 0.5) is 0 Å². The highest BCUT2D eigenvalue weighted by molar-refractivity contribution is 7.99. The van der Waals surface area contributed by atoms with Crippen molar-refractivity contribution in [1.29, 1.82) is 0 Å². The first-order valence-electron chi connectivity index (χ1n) is 6.54. The van der Waals surface area contributed by atoms with Crippen LogP contribution in [-0.2, 0) is 9.53 Å². The zero-order valence-electron chi connectivity index (χ0n) is 12.5. The number of hydrogen-bond donors (Lipinski definition) is 1. The van der Waals surface area contributed by atoms with Gasteiger partial charge in [-0.1, -0.05) is 11.8 Å². The number of carboxylic acid groups (broad SMARTS) is 1. The fourth-order valence-electron chi connectivity index (χ4n) is 1.84. The molecular formula is C14H17N3O4S. The van der Waals surface area contributed by atoms with E-state index in [1.807, 2.05) is 31.2 Å². The van der Waals surface area contributed by atoms with Crippen molar-refractivity contribution < 1.29 is 19.4 Å². The second kappa shape index (κ2) is 7.28. The number of rotatable bonds is 7. The molecule has 0 bridgehead atoms. The summed E-state index contributed by atoms with van der Waals surface area (Å²) in [6, 6.07) is 7.36. The van der Waals surface area contributed by atoms with Crippen molar-refractivity contribution in [3.8, 4) is 11.4 Å². The molecule has 7 nitrogen and oxygen atoms in total. The smallest absolute Gasteiger partial charge is 0.313 e. The third-order valence-electron chi connectivity index (χ3n) is 3.03. The summed E-state index contributed by atoms with van der Waals surface area (Å²) in [7, 11) is 3.18. The lowest BCUT2D eigenvalue weighted by Gasteiger charge is -2.13. The van der Waals surface area contributed by atoms with Gasteiger partial charge in [-0.05, 0) is 31.2 Å². The SMILES string of the molecule is COc1ccc(-n2c(SCC(=O)O)nnc2[C@@H](C)OC)cc1. The number of methoxy groups -OCH3 is 2. The van der Waals surface area contributed by atoms with E-state index in [-0.39, 0.29) is 11.9 Å². The van der Waals surface area contributed by atoms with Gasteiger partial charge in [-0.25, -0.2) is 0 Å². The minimum Gasteiger partial charge on any atom is -0.497 e. The second-order valence-corrected chi connectivity index (χ2v) is 5.38. The fourth-order valence-corrected chi connectivity index (χ4v) is 2.52. The van der Waals surface area contributed by atoms with Gasteiger partial charge in [0.2, 0.25) is 0 Å². The third kappa shape index (κ3) is 3.58. The number of hydrogen-bond acceptors (Lipinski definition) is 6. The summed E-state index contributed by atoms with van der Waals surface area (Å²) in [4.78, 5) is 10.8. The van der Waals surface area contributed by atoms with Gasteiger partial charge in [-0.15, -0.1) is 10.2 Å². The van der Waals surface area contributed by atoms with Crippen LogP contribution in [0.25, 0.3) is 5.69 Å². The summed E-state index contributed by atoms with van der Waals surface area (Å²) in [5.74, 6) is 0.351. The Bertz CT molecular complexity index is 642. The first-order chi connectivity index (χ1) is 10.6. The van der Waals surface area contributed by atoms with Crippen molar-refractivity contribution in [2.45, 2.75) is 18.2 Å². The molecule has 2 aromatic rings. The first-order valence-corrected chi connectivity index (χ1v) is 7.52. The Morgan fingerprint density at radius 1 is 1.32 bits per heavy atom. The van der Waals surface area contributed by atoms with E-state index in [9.17, 15) is 4.79 Å². The molecule has 0 spiro atoms. The van der Waals surface area contributed by atoms with E-state index >= 15 is 0 Å². The Labute approximate surface area is 132 Å². The number of carbonyl (C=O) groups is 1. The average Bonchev–Trinajstić information content (AvgIpc) is 2.96. The van der Waals surface area contributed by atoms with Crippen LogP contribution in [-0.4, -0.2) is 45.8 Å². The Hall–Kier alpha value is -2.06. The Morgan fingerprint density at radius 2 is 2.00 bits per heavy atom. The minimum absolute atomic E-state index is 0.0876. The average molecular weight is 323 g/mol. The summed E-state index contributed by atoms with van der Waals surface area (Å²) in [5.41, 5.74) is 0.817. The molecule has 1 atom stereocenters. The Morgan fingerprint density at radius 3 is 2.55 bits per heavy atom. The van der Waals surface area contributed by atoms with Gasteiger partial charge in [0.15, 0.2) is 11.0 Å². The monoisotopic (exact) mass is 323 g/mol. The predicted molar refractivity (Wildman–Crippen MR) is 81.7 cm³/mol. The summed E-state index contributed by atoms with van der Waals surface area (Å²) in [6.45, 7) is 1.86. The van der Waals surface area contributed by atoms with Crippen LogP contribution in [0.2, 0.25) is 0 Å². The van der Waals surface area contributed by atoms with Gasteiger partial charge in [-0.3, -0.25) is 9.36 Å². The quantitative estimate of drug-likeness (QED) is 0.781. The van der Waals surface area contributed by atoms with Crippen LogP contribution in [0, 0.1) is 0 Å². The van der Waals surface area contributed by atoms with Gasteiger partial charge in [0.1, 0.15) is 11.9 Å². The van der Waals surface area contributed by atoms with Crippen molar-refractivity contribution in [3.63, 3.8) is 0 Å². The molecule has 0 aliphatic rings. The predicted octanol–water partition coefficient (Wildman–Crippen LogP) is 2.16. The lowest BCUT2D eigenvalue weighted by molar-refractivity contribution is -0.133. The molecule has 0 unspecified atom stereocenters. The number of nitrogens with zero attached hydrogens (tertiary/aromatic N) is 3. The van der Waals surface area contributed by atoms with Crippen LogP contribution in [0.5, 0.6) is 5.75 Å². The van der Waals surface area contributed by atoms with Crippen LogP contribution in [0.1, 0.15) is 18.9 Å². The molecule has 0 radical (unpaired) electrons. The highest BCUT2D eigenvalue weighted by Gasteiger charge is 2.20. The fraction of sp³-hybridized carbons (Fsp3) is 0.357. The minimum atomic E-state index is -0.907. The highest BCUT2D eigenvalue weighted by atomic mass is 32.2. The van der Waals surface area contributed by atoms with Gasteiger partial charge in [0, 0.05) is 12.8 Å². The van der Waals surface area contributed by atoms with Crippen LogP contribution in [0.15, 0.2) is 29.4 Å². The molecule has 1 aromatic heterocycles. The molecule has 8 heteroatoms. The van der Waals surface area contributed by atoms with Crippen molar-refractivity contribution in [2.24, 2.45) is 0 Å². The highest BCUT2D eigenvalue weighted by Crippen LogP contribution is 2.27. The molecule has 0 aliphatic heterocycles. The van der Waals surface area contributed by atoms with Gasteiger partial charge < -0.3 is 14.6 Å². The largest absolute Gasteiger partial charge is 0.497 e. The Balaban J connectivity index is 2.43. The van der Waals surface area contributed by atoms with Crippen LogP contribution in [0.3, 0.4) is 0 Å². The molecule has 1 heterocycles. The number of benzene rings is 1. The van der Waals surface area contributed by atoms with E-state index in [4.69, 9.17) is 14.6 Å². The summed E-state index contributed by atoms with van der Waals surface area (Å²) in [5, 5.41) is 17.6. The van der Waals surface area contributed by atoms with Gasteiger partial charge >= 0.3 is 5.97 Å². The van der Waals surface area contributed by atoms with E-state index in [2.05, 4.69) is 10.2 Å². The normalized spacial score (nSPS) is 12.1. The zero-order chi connectivity index (χ0) is 16.1. The lowest BCUT2D eigenvalue weighted by atomic mass is 10.3. The van der Waals surface area contributed by atoms with E-state index < -0.39 is 5.97 Å². The number of thioether (sulfide) groups is 1. The number of aromatic nitrogens is 3. The zero-order valence-corrected chi connectivity index (χ0v) is 13.3. The molecule has 1 aromatic carbocycles. The molecule has 118 valence electrons. The van der Waals surface area contributed by atoms with Gasteiger partial charge in [-0.2, -0.15) is 0 Å². The van der Waals surface area contributed by atoms with E-state index in [1.165, 1.54) is 0 Å². The molecule has 0 fully saturated rings. The number of ether oxygens (including phenoxy) is 2. The van der Waals surface area contributed by atoms with Crippen molar-refractivity contribution in [1.82, 2.24) is 14.8 Å². The second-order valence-electron chi connectivity index (χ2n) is 4.43. The topological polar surface area (TPSA) is 86.5 Å². The summed E-state index contributed by atoms with van der Waals surface area (Å²) < 4.78 is 12.2. The van der Waals surface area contributed by atoms with Crippen LogP contribution < -0.4 is 4.74 Å².